The summed E-state index contributed by atoms with van der Waals surface area (Å²) in [5.41, 5.74) is 6.43. The maximum Gasteiger partial charge on any atom is 0.129 e. The topological polar surface area (TPSA) is 67.8 Å². The lowest BCUT2D eigenvalue weighted by molar-refractivity contribution is -0.126. The molecule has 0 amide bonds. The summed E-state index contributed by atoms with van der Waals surface area (Å²) >= 11 is 0. The molecule has 3 N–H and O–H groups in total. The van der Waals surface area contributed by atoms with E-state index in [-0.39, 0.29) is 6.10 Å². The first-order valence-corrected chi connectivity index (χ1v) is 11.5. The summed E-state index contributed by atoms with van der Waals surface area (Å²) in [6.45, 7) is 6.20. The standard InChI is InChI=1S/C23H40N2O2/c1-22-11-8-21-19(5-3-17-15-18(26)7-10-23(17,21)2)20(22)6-4-16(22)9-13-25-27-14-12-24/h13,16-21,26H,3-12,14-15,24H2,1-2H3/b25-13+/t16?,17?,18?,19-,20-,21+,22+,23-/m0/s1. The van der Waals surface area contributed by atoms with Crippen molar-refractivity contribution < 1.29 is 9.94 Å². The highest BCUT2D eigenvalue weighted by molar-refractivity contribution is 5.57. The van der Waals surface area contributed by atoms with Gasteiger partial charge in [-0.2, -0.15) is 0 Å². The van der Waals surface area contributed by atoms with Crippen LogP contribution in [0.5, 0.6) is 0 Å². The van der Waals surface area contributed by atoms with E-state index in [1.807, 2.05) is 6.21 Å². The van der Waals surface area contributed by atoms with Crippen molar-refractivity contribution in [1.29, 1.82) is 0 Å². The van der Waals surface area contributed by atoms with Gasteiger partial charge < -0.3 is 15.7 Å². The molecule has 0 bridgehead atoms. The van der Waals surface area contributed by atoms with E-state index < -0.39 is 0 Å². The molecule has 4 heteroatoms. The zero-order chi connectivity index (χ0) is 19.1. The molecule has 4 nitrogen and oxygen atoms in total. The highest BCUT2D eigenvalue weighted by Gasteiger charge is 2.59. The van der Waals surface area contributed by atoms with E-state index in [4.69, 9.17) is 10.6 Å². The predicted molar refractivity (Wildman–Crippen MR) is 109 cm³/mol. The van der Waals surface area contributed by atoms with Gasteiger partial charge in [-0.25, -0.2) is 0 Å². The van der Waals surface area contributed by atoms with Crippen LogP contribution in [0.15, 0.2) is 5.16 Å². The predicted octanol–water partition coefficient (Wildman–Crippen LogP) is 4.36. The van der Waals surface area contributed by atoms with Crippen molar-refractivity contribution in [3.05, 3.63) is 0 Å². The molecule has 0 aromatic rings. The quantitative estimate of drug-likeness (QED) is 0.426. The fourth-order valence-electron chi connectivity index (χ4n) is 8.06. The van der Waals surface area contributed by atoms with E-state index in [2.05, 4.69) is 19.0 Å². The molecule has 0 heterocycles. The summed E-state index contributed by atoms with van der Waals surface area (Å²) in [7, 11) is 0. The molecule has 0 spiro atoms. The molecule has 0 aromatic carbocycles. The fourth-order valence-corrected chi connectivity index (χ4v) is 8.06. The molecule has 4 saturated carbocycles. The SMILES string of the molecule is C[C@]12CCC(O)CC1CC[C@@H]1[C@H]2CC[C@]2(C)C(C/C=N/OCCN)CC[C@@H]12. The summed E-state index contributed by atoms with van der Waals surface area (Å²) < 4.78 is 0. The van der Waals surface area contributed by atoms with Crippen LogP contribution in [-0.2, 0) is 4.84 Å². The van der Waals surface area contributed by atoms with Crippen LogP contribution in [0.25, 0.3) is 0 Å². The Bertz CT molecular complexity index is 552. The second-order valence-electron chi connectivity index (χ2n) is 10.5. The number of fused-ring (bicyclic) bond motifs is 5. The maximum atomic E-state index is 10.2. The molecule has 4 aliphatic carbocycles. The zero-order valence-electron chi connectivity index (χ0n) is 17.4. The molecule has 4 fully saturated rings. The highest BCUT2D eigenvalue weighted by atomic mass is 16.6. The van der Waals surface area contributed by atoms with Crippen molar-refractivity contribution in [2.24, 2.45) is 51.3 Å². The number of aliphatic hydroxyl groups is 1. The molecule has 0 saturated heterocycles. The van der Waals surface area contributed by atoms with Crippen LogP contribution in [0.1, 0.15) is 78.1 Å². The van der Waals surface area contributed by atoms with Crippen LogP contribution in [0.4, 0.5) is 0 Å². The molecule has 4 rings (SSSR count). The Morgan fingerprint density at radius 1 is 1.04 bits per heavy atom. The van der Waals surface area contributed by atoms with E-state index in [0.29, 0.717) is 24.0 Å². The smallest absolute Gasteiger partial charge is 0.129 e. The third kappa shape index (κ3) is 3.35. The molecule has 0 aliphatic heterocycles. The normalized spacial score (nSPS) is 49.5. The maximum absolute atomic E-state index is 10.2. The molecule has 4 aliphatic rings. The van der Waals surface area contributed by atoms with Gasteiger partial charge in [-0.15, -0.1) is 0 Å². The number of nitrogens with zero attached hydrogens (tertiary/aromatic N) is 1. The fraction of sp³-hybridized carbons (Fsp3) is 0.957. The van der Waals surface area contributed by atoms with Crippen molar-refractivity contribution in [1.82, 2.24) is 0 Å². The number of hydrogen-bond donors (Lipinski definition) is 2. The first-order chi connectivity index (χ1) is 13.0. The number of hydrogen-bond acceptors (Lipinski definition) is 4. The van der Waals surface area contributed by atoms with Gasteiger partial charge in [-0.3, -0.25) is 0 Å². The third-order valence-corrected chi connectivity index (χ3v) is 9.58. The van der Waals surface area contributed by atoms with E-state index in [0.717, 1.165) is 48.9 Å². The van der Waals surface area contributed by atoms with Gasteiger partial charge >= 0.3 is 0 Å². The Kier molecular flexibility index (Phi) is 5.59. The first-order valence-electron chi connectivity index (χ1n) is 11.5. The number of rotatable bonds is 5. The minimum Gasteiger partial charge on any atom is -0.395 e. The number of nitrogens with two attached hydrogens (primary N) is 1. The largest absolute Gasteiger partial charge is 0.395 e. The Morgan fingerprint density at radius 3 is 2.63 bits per heavy atom. The van der Waals surface area contributed by atoms with Crippen molar-refractivity contribution in [3.63, 3.8) is 0 Å². The van der Waals surface area contributed by atoms with Crippen LogP contribution in [0, 0.1) is 40.4 Å². The van der Waals surface area contributed by atoms with Crippen molar-refractivity contribution in [3.8, 4) is 0 Å². The van der Waals surface area contributed by atoms with Gasteiger partial charge in [0, 0.05) is 12.8 Å². The molecular weight excluding hydrogens is 336 g/mol. The second kappa shape index (κ2) is 7.67. The molecule has 0 aromatic heterocycles. The summed E-state index contributed by atoms with van der Waals surface area (Å²) in [6, 6.07) is 0. The highest BCUT2D eigenvalue weighted by Crippen LogP contribution is 2.67. The Hall–Kier alpha value is -0.610. The Labute approximate surface area is 165 Å². The van der Waals surface area contributed by atoms with Gasteiger partial charge in [0.2, 0.25) is 0 Å². The minimum absolute atomic E-state index is 0.0369. The second-order valence-corrected chi connectivity index (χ2v) is 10.5. The lowest BCUT2D eigenvalue weighted by atomic mass is 9.44. The summed E-state index contributed by atoms with van der Waals surface area (Å²) in [4.78, 5) is 5.20. The zero-order valence-corrected chi connectivity index (χ0v) is 17.4. The molecule has 8 atom stereocenters. The Balaban J connectivity index is 1.45. The molecule has 154 valence electrons. The van der Waals surface area contributed by atoms with Gasteiger partial charge in [0.15, 0.2) is 0 Å². The van der Waals surface area contributed by atoms with Gasteiger partial charge in [0.05, 0.1) is 6.10 Å². The lowest BCUT2D eigenvalue weighted by Gasteiger charge is -2.61. The van der Waals surface area contributed by atoms with Crippen LogP contribution < -0.4 is 5.73 Å². The Morgan fingerprint density at radius 2 is 1.81 bits per heavy atom. The van der Waals surface area contributed by atoms with Crippen molar-refractivity contribution >= 4 is 6.21 Å². The first kappa shape index (κ1) is 19.7. The lowest BCUT2D eigenvalue weighted by Crippen LogP contribution is -2.53. The summed E-state index contributed by atoms with van der Waals surface area (Å²) in [5, 5.41) is 14.3. The average Bonchev–Trinajstić information content (AvgIpc) is 2.99. The van der Waals surface area contributed by atoms with E-state index in [9.17, 15) is 5.11 Å². The van der Waals surface area contributed by atoms with Crippen LogP contribution in [0.2, 0.25) is 0 Å². The minimum atomic E-state index is -0.0369. The van der Waals surface area contributed by atoms with E-state index in [1.54, 1.807) is 0 Å². The van der Waals surface area contributed by atoms with Gasteiger partial charge in [-0.1, -0.05) is 19.0 Å². The number of aliphatic hydroxyl groups excluding tert-OH is 1. The molecule has 3 unspecified atom stereocenters. The molecule has 27 heavy (non-hydrogen) atoms. The number of oxime groups is 1. The molecular formula is C23H40N2O2. The third-order valence-electron chi connectivity index (χ3n) is 9.58. The molecule has 0 radical (unpaired) electrons. The van der Waals surface area contributed by atoms with Gasteiger partial charge in [0.1, 0.15) is 6.61 Å². The van der Waals surface area contributed by atoms with Crippen molar-refractivity contribution in [2.45, 2.75) is 84.2 Å². The van der Waals surface area contributed by atoms with Crippen LogP contribution >= 0.6 is 0 Å². The van der Waals surface area contributed by atoms with E-state index >= 15 is 0 Å². The summed E-state index contributed by atoms with van der Waals surface area (Å²) in [5.74, 6) is 4.21. The monoisotopic (exact) mass is 376 g/mol. The van der Waals surface area contributed by atoms with Crippen LogP contribution in [-0.4, -0.2) is 30.6 Å². The van der Waals surface area contributed by atoms with E-state index in [1.165, 1.54) is 44.9 Å². The van der Waals surface area contributed by atoms with Gasteiger partial charge in [-0.05, 0) is 105 Å². The average molecular weight is 377 g/mol. The van der Waals surface area contributed by atoms with Crippen molar-refractivity contribution in [2.75, 3.05) is 13.2 Å². The van der Waals surface area contributed by atoms with Crippen LogP contribution in [0.3, 0.4) is 0 Å². The van der Waals surface area contributed by atoms with Gasteiger partial charge in [0.25, 0.3) is 0 Å². The summed E-state index contributed by atoms with van der Waals surface area (Å²) in [6.07, 6.45) is 14.6.